The van der Waals surface area contributed by atoms with E-state index in [0.717, 1.165) is 24.8 Å². The number of carbonyl (C=O) groups is 1. The van der Waals surface area contributed by atoms with E-state index in [1.165, 1.54) is 4.31 Å². The first-order valence-electron chi connectivity index (χ1n) is 8.95. The molecule has 0 N–H and O–H groups in total. The Bertz CT molecular complexity index is 893. The summed E-state index contributed by atoms with van der Waals surface area (Å²) in [5.74, 6) is -0.350. The standard InChI is InChI=1S/C20H22BrNO4S/c21-19-10-9-18(27(24,25)22-11-5-2-6-12-22)14-17(19)15-26-20(23)13-16-7-3-1-4-8-16/h1,3-4,7-10,14H,2,5-6,11-13,15H2. The monoisotopic (exact) mass is 451 g/mol. The first-order chi connectivity index (χ1) is 13.0. The minimum absolute atomic E-state index is 0.0234. The zero-order valence-corrected chi connectivity index (χ0v) is 17.3. The van der Waals surface area contributed by atoms with Crippen molar-refractivity contribution in [1.29, 1.82) is 0 Å². The second-order valence-corrected chi connectivity index (χ2v) is 9.33. The molecule has 0 spiro atoms. The van der Waals surface area contributed by atoms with E-state index in [0.29, 0.717) is 23.1 Å². The summed E-state index contributed by atoms with van der Waals surface area (Å²) in [6.07, 6.45) is 3.03. The zero-order chi connectivity index (χ0) is 19.3. The number of piperidine rings is 1. The average Bonchev–Trinajstić information content (AvgIpc) is 2.68. The van der Waals surface area contributed by atoms with E-state index in [1.807, 2.05) is 30.3 Å². The van der Waals surface area contributed by atoms with Gasteiger partial charge in [-0.05, 0) is 36.6 Å². The number of ether oxygens (including phenoxy) is 1. The molecule has 1 aliphatic rings. The molecule has 0 atom stereocenters. The number of sulfonamides is 1. The molecule has 0 aromatic heterocycles. The minimum Gasteiger partial charge on any atom is -0.461 e. The SMILES string of the molecule is O=C(Cc1ccccc1)OCc1cc(S(=O)(=O)N2CCCCC2)ccc1Br. The lowest BCUT2D eigenvalue weighted by atomic mass is 10.1. The predicted molar refractivity (Wildman–Crippen MR) is 107 cm³/mol. The molecule has 1 saturated heterocycles. The van der Waals surface area contributed by atoms with Crippen LogP contribution in [0.1, 0.15) is 30.4 Å². The topological polar surface area (TPSA) is 63.7 Å². The Kier molecular flexibility index (Phi) is 6.68. The first-order valence-corrected chi connectivity index (χ1v) is 11.2. The van der Waals surface area contributed by atoms with Gasteiger partial charge in [0.25, 0.3) is 0 Å². The molecule has 144 valence electrons. The van der Waals surface area contributed by atoms with E-state index >= 15 is 0 Å². The van der Waals surface area contributed by atoms with Gasteiger partial charge in [0.15, 0.2) is 0 Å². The summed E-state index contributed by atoms with van der Waals surface area (Å²) in [5, 5.41) is 0. The quantitative estimate of drug-likeness (QED) is 0.624. The van der Waals surface area contributed by atoms with E-state index in [-0.39, 0.29) is 23.9 Å². The van der Waals surface area contributed by atoms with Crippen LogP contribution in [0.15, 0.2) is 57.9 Å². The Labute approximate surface area is 168 Å². The van der Waals surface area contributed by atoms with E-state index in [2.05, 4.69) is 15.9 Å². The van der Waals surface area contributed by atoms with Crippen molar-refractivity contribution >= 4 is 31.9 Å². The van der Waals surface area contributed by atoms with Crippen molar-refractivity contribution < 1.29 is 17.9 Å². The maximum atomic E-state index is 12.8. The molecular weight excluding hydrogens is 430 g/mol. The highest BCUT2D eigenvalue weighted by molar-refractivity contribution is 9.10. The number of benzene rings is 2. The Morgan fingerprint density at radius 3 is 2.44 bits per heavy atom. The molecule has 0 radical (unpaired) electrons. The highest BCUT2D eigenvalue weighted by Crippen LogP contribution is 2.26. The van der Waals surface area contributed by atoms with Gasteiger partial charge in [-0.3, -0.25) is 4.79 Å². The molecule has 7 heteroatoms. The summed E-state index contributed by atoms with van der Waals surface area (Å²) in [6.45, 7) is 1.13. The summed E-state index contributed by atoms with van der Waals surface area (Å²) in [4.78, 5) is 12.3. The summed E-state index contributed by atoms with van der Waals surface area (Å²) in [6, 6.07) is 14.2. The number of esters is 1. The third kappa shape index (κ3) is 5.18. The van der Waals surface area contributed by atoms with E-state index in [1.54, 1.807) is 18.2 Å². The van der Waals surface area contributed by atoms with Crippen molar-refractivity contribution in [1.82, 2.24) is 4.31 Å². The van der Waals surface area contributed by atoms with E-state index < -0.39 is 10.0 Å². The molecule has 0 bridgehead atoms. The molecule has 27 heavy (non-hydrogen) atoms. The minimum atomic E-state index is -3.52. The molecule has 3 rings (SSSR count). The molecule has 2 aromatic rings. The van der Waals surface area contributed by atoms with Crippen LogP contribution in [-0.2, 0) is 32.6 Å². The highest BCUT2D eigenvalue weighted by atomic mass is 79.9. The Balaban J connectivity index is 1.69. The fraction of sp³-hybridized carbons (Fsp3) is 0.350. The largest absolute Gasteiger partial charge is 0.461 e. The zero-order valence-electron chi connectivity index (χ0n) is 14.9. The Morgan fingerprint density at radius 1 is 1.04 bits per heavy atom. The second-order valence-electron chi connectivity index (χ2n) is 6.54. The van der Waals surface area contributed by atoms with Crippen molar-refractivity contribution in [3.63, 3.8) is 0 Å². The van der Waals surface area contributed by atoms with Crippen LogP contribution >= 0.6 is 15.9 Å². The molecule has 0 saturated carbocycles. The van der Waals surface area contributed by atoms with Crippen molar-refractivity contribution in [2.45, 2.75) is 37.2 Å². The summed E-state index contributed by atoms with van der Waals surface area (Å²) in [5.41, 5.74) is 1.51. The molecule has 2 aromatic carbocycles. The van der Waals surface area contributed by atoms with E-state index in [9.17, 15) is 13.2 Å². The molecular formula is C20H22BrNO4S. The number of hydrogen-bond donors (Lipinski definition) is 0. The van der Waals surface area contributed by atoms with Crippen LogP contribution in [0.3, 0.4) is 0 Å². The molecule has 1 heterocycles. The van der Waals surface area contributed by atoms with Crippen LogP contribution in [-0.4, -0.2) is 31.8 Å². The van der Waals surface area contributed by atoms with Crippen LogP contribution in [0.5, 0.6) is 0 Å². The fourth-order valence-corrected chi connectivity index (χ4v) is 4.98. The molecule has 1 aliphatic heterocycles. The van der Waals surface area contributed by atoms with Gasteiger partial charge < -0.3 is 4.74 Å². The summed E-state index contributed by atoms with van der Waals surface area (Å²) >= 11 is 3.41. The van der Waals surface area contributed by atoms with Crippen LogP contribution in [0.4, 0.5) is 0 Å². The molecule has 0 unspecified atom stereocenters. The molecule has 0 amide bonds. The highest BCUT2D eigenvalue weighted by Gasteiger charge is 2.26. The number of carbonyl (C=O) groups excluding carboxylic acids is 1. The van der Waals surface area contributed by atoms with Crippen molar-refractivity contribution in [3.05, 3.63) is 64.1 Å². The Hall–Kier alpha value is -1.70. The fourth-order valence-electron chi connectivity index (χ4n) is 3.05. The van der Waals surface area contributed by atoms with Gasteiger partial charge in [0.1, 0.15) is 6.61 Å². The maximum Gasteiger partial charge on any atom is 0.310 e. The average molecular weight is 452 g/mol. The van der Waals surface area contributed by atoms with Crippen molar-refractivity contribution in [3.8, 4) is 0 Å². The number of halogens is 1. The summed E-state index contributed by atoms with van der Waals surface area (Å²) < 4.78 is 33.3. The first kappa shape index (κ1) is 20.0. The van der Waals surface area contributed by atoms with Crippen molar-refractivity contribution in [2.24, 2.45) is 0 Å². The lowest BCUT2D eigenvalue weighted by molar-refractivity contribution is -0.144. The smallest absolute Gasteiger partial charge is 0.310 e. The number of hydrogen-bond acceptors (Lipinski definition) is 4. The van der Waals surface area contributed by atoms with Gasteiger partial charge in [0.05, 0.1) is 11.3 Å². The van der Waals surface area contributed by atoms with Gasteiger partial charge >= 0.3 is 5.97 Å². The van der Waals surface area contributed by atoms with Crippen LogP contribution < -0.4 is 0 Å². The van der Waals surface area contributed by atoms with Gasteiger partial charge in [-0.15, -0.1) is 0 Å². The molecule has 1 fully saturated rings. The van der Waals surface area contributed by atoms with Gasteiger partial charge in [0, 0.05) is 23.1 Å². The van der Waals surface area contributed by atoms with Gasteiger partial charge in [-0.25, -0.2) is 8.42 Å². The number of nitrogens with zero attached hydrogens (tertiary/aromatic N) is 1. The van der Waals surface area contributed by atoms with Gasteiger partial charge in [-0.2, -0.15) is 4.31 Å². The van der Waals surface area contributed by atoms with Gasteiger partial charge in [0.2, 0.25) is 10.0 Å². The van der Waals surface area contributed by atoms with Crippen LogP contribution in [0, 0.1) is 0 Å². The van der Waals surface area contributed by atoms with Crippen molar-refractivity contribution in [2.75, 3.05) is 13.1 Å². The normalized spacial score (nSPS) is 15.4. The lowest BCUT2D eigenvalue weighted by Gasteiger charge is -2.26. The molecule has 0 aliphatic carbocycles. The van der Waals surface area contributed by atoms with E-state index in [4.69, 9.17) is 4.74 Å². The van der Waals surface area contributed by atoms with Gasteiger partial charge in [-0.1, -0.05) is 52.7 Å². The summed E-state index contributed by atoms with van der Waals surface area (Å²) in [7, 11) is -3.52. The Morgan fingerprint density at radius 2 is 1.74 bits per heavy atom. The number of rotatable bonds is 6. The molecule has 5 nitrogen and oxygen atoms in total. The third-order valence-electron chi connectivity index (χ3n) is 4.55. The maximum absolute atomic E-state index is 12.8. The van der Waals surface area contributed by atoms with Crippen LogP contribution in [0.2, 0.25) is 0 Å². The predicted octanol–water partition coefficient (Wildman–Crippen LogP) is 3.91. The second kappa shape index (κ2) is 8.99. The van der Waals surface area contributed by atoms with Crippen LogP contribution in [0.25, 0.3) is 0 Å². The lowest BCUT2D eigenvalue weighted by Crippen LogP contribution is -2.35. The third-order valence-corrected chi connectivity index (χ3v) is 7.22.